The third-order valence-electron chi connectivity index (χ3n) is 5.91. The van der Waals surface area contributed by atoms with Crippen molar-refractivity contribution in [2.45, 2.75) is 0 Å². The van der Waals surface area contributed by atoms with E-state index in [2.05, 4.69) is 99.9 Å². The second-order valence-corrected chi connectivity index (χ2v) is 8.76. The third kappa shape index (κ3) is 6.16. The molecule has 0 radical (unpaired) electrons. The Kier molecular flexibility index (Phi) is 7.75. The van der Waals surface area contributed by atoms with Gasteiger partial charge >= 0.3 is 0 Å². The van der Waals surface area contributed by atoms with Crippen LogP contribution in [0.3, 0.4) is 0 Å². The van der Waals surface area contributed by atoms with Crippen molar-refractivity contribution < 1.29 is 0 Å². The molecule has 5 aromatic carbocycles. The highest BCUT2D eigenvalue weighted by molar-refractivity contribution is 6.30. The van der Waals surface area contributed by atoms with Gasteiger partial charge in [0.25, 0.3) is 0 Å². The highest BCUT2D eigenvalue weighted by Gasteiger charge is 2.05. The lowest BCUT2D eigenvalue weighted by atomic mass is 9.95. The van der Waals surface area contributed by atoms with Crippen molar-refractivity contribution in [1.29, 1.82) is 0 Å². The van der Waals surface area contributed by atoms with Crippen LogP contribution in [0.15, 0.2) is 146 Å². The van der Waals surface area contributed by atoms with Crippen molar-refractivity contribution in [2.75, 3.05) is 0 Å². The minimum atomic E-state index is 0.678. The predicted octanol–water partition coefficient (Wildman–Crippen LogP) is 8.88. The van der Waals surface area contributed by atoms with E-state index in [0.29, 0.717) is 5.82 Å². The first-order valence-corrected chi connectivity index (χ1v) is 12.3. The fourth-order valence-corrected chi connectivity index (χ4v) is 4.19. The monoisotopic (exact) mass is 497 g/mol. The van der Waals surface area contributed by atoms with Crippen LogP contribution in [0.1, 0.15) is 0 Å². The molecule has 37 heavy (non-hydrogen) atoms. The molecule has 0 aliphatic carbocycles. The lowest BCUT2D eigenvalue weighted by Gasteiger charge is -2.09. The van der Waals surface area contributed by atoms with Crippen LogP contribution in [-0.2, 0) is 0 Å². The maximum atomic E-state index is 5.88. The zero-order valence-corrected chi connectivity index (χ0v) is 20.8. The standard InChI is InChI=1S/C18H14.C15H10ClN3/c1-3-9-15(10-4-1)17-13-7-8-14-18(17)16-11-5-2-6-12-16;16-14-7-5-12(6-8-14)11-1-3-13(4-2-11)15-18-9-17-10-19-15/h1-14H;1-10H. The smallest absolute Gasteiger partial charge is 0.162 e. The van der Waals surface area contributed by atoms with Gasteiger partial charge in [0.15, 0.2) is 5.82 Å². The quantitative estimate of drug-likeness (QED) is 0.244. The van der Waals surface area contributed by atoms with Gasteiger partial charge in [0.05, 0.1) is 0 Å². The average molecular weight is 498 g/mol. The number of nitrogens with zero attached hydrogens (tertiary/aromatic N) is 3. The molecule has 0 aliphatic heterocycles. The van der Waals surface area contributed by atoms with Gasteiger partial charge < -0.3 is 0 Å². The van der Waals surface area contributed by atoms with Gasteiger partial charge in [-0.15, -0.1) is 0 Å². The summed E-state index contributed by atoms with van der Waals surface area (Å²) >= 11 is 5.88. The number of rotatable bonds is 4. The van der Waals surface area contributed by atoms with E-state index in [0.717, 1.165) is 21.7 Å². The first-order chi connectivity index (χ1) is 18.3. The Morgan fingerprint density at radius 1 is 0.378 bits per heavy atom. The van der Waals surface area contributed by atoms with E-state index in [4.69, 9.17) is 11.6 Å². The lowest BCUT2D eigenvalue weighted by Crippen LogP contribution is -1.88. The molecule has 0 N–H and O–H groups in total. The van der Waals surface area contributed by atoms with E-state index in [1.807, 2.05) is 48.5 Å². The maximum absolute atomic E-state index is 5.88. The predicted molar refractivity (Wildman–Crippen MR) is 153 cm³/mol. The number of hydrogen-bond donors (Lipinski definition) is 0. The van der Waals surface area contributed by atoms with Gasteiger partial charge in [0, 0.05) is 10.6 Å². The lowest BCUT2D eigenvalue weighted by molar-refractivity contribution is 1.06. The molecule has 0 fully saturated rings. The van der Waals surface area contributed by atoms with Crippen LogP contribution in [0.5, 0.6) is 0 Å². The third-order valence-corrected chi connectivity index (χ3v) is 6.16. The zero-order valence-electron chi connectivity index (χ0n) is 20.1. The second-order valence-electron chi connectivity index (χ2n) is 8.32. The van der Waals surface area contributed by atoms with E-state index in [1.54, 1.807) is 0 Å². The Morgan fingerprint density at radius 3 is 1.27 bits per heavy atom. The molecule has 0 spiro atoms. The van der Waals surface area contributed by atoms with Gasteiger partial charge in [-0.25, -0.2) is 15.0 Å². The molecular formula is C33H24ClN3. The fraction of sp³-hybridized carbons (Fsp3) is 0. The van der Waals surface area contributed by atoms with Gasteiger partial charge in [-0.2, -0.15) is 0 Å². The summed E-state index contributed by atoms with van der Waals surface area (Å²) in [6.45, 7) is 0. The van der Waals surface area contributed by atoms with Crippen LogP contribution < -0.4 is 0 Å². The molecule has 178 valence electrons. The maximum Gasteiger partial charge on any atom is 0.162 e. The van der Waals surface area contributed by atoms with Crippen molar-refractivity contribution in [3.05, 3.63) is 151 Å². The van der Waals surface area contributed by atoms with Crippen LogP contribution in [0.4, 0.5) is 0 Å². The minimum Gasteiger partial charge on any atom is -0.225 e. The highest BCUT2D eigenvalue weighted by Crippen LogP contribution is 2.31. The normalized spacial score (nSPS) is 10.3. The van der Waals surface area contributed by atoms with Gasteiger partial charge in [-0.3, -0.25) is 0 Å². The van der Waals surface area contributed by atoms with Crippen LogP contribution in [-0.4, -0.2) is 15.0 Å². The van der Waals surface area contributed by atoms with Crippen LogP contribution in [0.2, 0.25) is 5.02 Å². The largest absolute Gasteiger partial charge is 0.225 e. The van der Waals surface area contributed by atoms with E-state index in [-0.39, 0.29) is 0 Å². The second kappa shape index (κ2) is 11.9. The summed E-state index contributed by atoms with van der Waals surface area (Å²) in [5, 5.41) is 0.741. The van der Waals surface area contributed by atoms with Crippen molar-refractivity contribution >= 4 is 11.6 Å². The van der Waals surface area contributed by atoms with Crippen LogP contribution in [0, 0.1) is 0 Å². The number of hydrogen-bond acceptors (Lipinski definition) is 3. The SMILES string of the molecule is Clc1ccc(-c2ccc(-c3ncncn3)cc2)cc1.c1ccc(-c2ccccc2-c2ccccc2)cc1. The van der Waals surface area contributed by atoms with Gasteiger partial charge in [0.1, 0.15) is 12.7 Å². The summed E-state index contributed by atoms with van der Waals surface area (Å²) in [5.74, 6) is 0.678. The van der Waals surface area contributed by atoms with Crippen molar-refractivity contribution in [2.24, 2.45) is 0 Å². The number of aromatic nitrogens is 3. The Bertz CT molecular complexity index is 1480. The topological polar surface area (TPSA) is 38.7 Å². The average Bonchev–Trinajstić information content (AvgIpc) is 2.99. The Hall–Kier alpha value is -4.60. The molecule has 0 saturated heterocycles. The zero-order chi connectivity index (χ0) is 25.3. The van der Waals surface area contributed by atoms with Crippen molar-refractivity contribution in [3.8, 4) is 44.8 Å². The summed E-state index contributed by atoms with van der Waals surface area (Å²) in [6, 6.07) is 45.4. The number of benzene rings is 5. The molecule has 4 heteroatoms. The van der Waals surface area contributed by atoms with Crippen LogP contribution >= 0.6 is 11.6 Å². The molecule has 0 unspecified atom stereocenters. The minimum absolute atomic E-state index is 0.678. The summed E-state index contributed by atoms with van der Waals surface area (Å²) in [5.41, 5.74) is 8.32. The summed E-state index contributed by atoms with van der Waals surface area (Å²) in [4.78, 5) is 12.1. The van der Waals surface area contributed by atoms with E-state index < -0.39 is 0 Å². The van der Waals surface area contributed by atoms with Crippen LogP contribution in [0.25, 0.3) is 44.8 Å². The highest BCUT2D eigenvalue weighted by atomic mass is 35.5. The first-order valence-electron chi connectivity index (χ1n) is 12.0. The molecule has 6 rings (SSSR count). The first kappa shape index (κ1) is 24.1. The Morgan fingerprint density at radius 2 is 0.784 bits per heavy atom. The number of halogens is 1. The molecule has 0 amide bonds. The van der Waals surface area contributed by atoms with E-state index in [9.17, 15) is 0 Å². The van der Waals surface area contributed by atoms with Crippen molar-refractivity contribution in [3.63, 3.8) is 0 Å². The molecule has 6 aromatic rings. The van der Waals surface area contributed by atoms with Crippen molar-refractivity contribution in [1.82, 2.24) is 15.0 Å². The molecule has 3 nitrogen and oxygen atoms in total. The van der Waals surface area contributed by atoms with Gasteiger partial charge in [0.2, 0.25) is 0 Å². The Labute approximate surface area is 222 Å². The fourth-order valence-electron chi connectivity index (χ4n) is 4.06. The van der Waals surface area contributed by atoms with E-state index in [1.165, 1.54) is 34.9 Å². The van der Waals surface area contributed by atoms with Gasteiger partial charge in [-0.05, 0) is 45.5 Å². The molecule has 1 heterocycles. The Balaban J connectivity index is 0.000000152. The van der Waals surface area contributed by atoms with E-state index >= 15 is 0 Å². The summed E-state index contributed by atoms with van der Waals surface area (Å²) < 4.78 is 0. The molecule has 0 saturated carbocycles. The molecule has 0 aliphatic rings. The molecular weight excluding hydrogens is 474 g/mol. The molecule has 1 aromatic heterocycles. The summed E-state index contributed by atoms with van der Waals surface area (Å²) in [6.07, 6.45) is 2.99. The van der Waals surface area contributed by atoms with Gasteiger partial charge in [-0.1, -0.05) is 133 Å². The molecule has 0 atom stereocenters. The summed E-state index contributed by atoms with van der Waals surface area (Å²) in [7, 11) is 0. The molecule has 0 bridgehead atoms.